The van der Waals surface area contributed by atoms with Gasteiger partial charge in [0.15, 0.2) is 6.61 Å². The van der Waals surface area contributed by atoms with Crippen molar-refractivity contribution >= 4 is 11.9 Å². The van der Waals surface area contributed by atoms with E-state index in [1.54, 1.807) is 0 Å². The molecule has 0 atom stereocenters. The highest BCUT2D eigenvalue weighted by molar-refractivity contribution is 5.91. The zero-order valence-electron chi connectivity index (χ0n) is 21.9. The monoisotopic (exact) mass is 568 g/mol. The predicted octanol–water partition coefficient (Wildman–Crippen LogP) is 8.67. The van der Waals surface area contributed by atoms with Crippen LogP contribution in [0.15, 0.2) is 12.2 Å². The lowest BCUT2D eigenvalue weighted by atomic mass is 10.0. The number of esters is 2. The first-order valence-corrected chi connectivity index (χ1v) is 13.2. The molecule has 0 saturated heterocycles. The average molecular weight is 569 g/mol. The lowest BCUT2D eigenvalue weighted by Gasteiger charge is -2.31. The topological polar surface area (TPSA) is 52.6 Å². The van der Waals surface area contributed by atoms with Gasteiger partial charge in [-0.3, -0.25) is 0 Å². The van der Waals surface area contributed by atoms with E-state index in [1.165, 1.54) is 64.2 Å². The Bertz CT molecular complexity index is 684. The molecular formula is C26H40F8O4. The third-order valence-electron chi connectivity index (χ3n) is 5.90. The molecule has 0 aliphatic carbocycles. The Morgan fingerprint density at radius 2 is 1.00 bits per heavy atom. The van der Waals surface area contributed by atoms with Gasteiger partial charge in [-0.25, -0.2) is 18.4 Å². The van der Waals surface area contributed by atoms with Gasteiger partial charge in [0.05, 0.1) is 6.61 Å². The molecule has 4 nitrogen and oxygen atoms in total. The van der Waals surface area contributed by atoms with E-state index in [0.29, 0.717) is 12.5 Å². The van der Waals surface area contributed by atoms with Gasteiger partial charge in [-0.2, -0.15) is 26.3 Å². The highest BCUT2D eigenvalue weighted by Gasteiger charge is 2.75. The fourth-order valence-corrected chi connectivity index (χ4v) is 3.51. The molecule has 0 aliphatic rings. The standard InChI is InChI=1S/C26H40F8O4/c1-2-3-4-5-6-7-8-9-10-11-12-13-14-15-16-19-37-21(35)17-18-22(36)38-20-24(29,30)26(33,34)25(31,32)23(27)28/h17-18,23H,2-16,19-20H2,1H3/b18-17+. The van der Waals surface area contributed by atoms with E-state index < -0.39 is 42.7 Å². The average Bonchev–Trinajstić information content (AvgIpc) is 2.85. The van der Waals surface area contributed by atoms with Crippen molar-refractivity contribution in [2.75, 3.05) is 13.2 Å². The molecule has 0 aromatic heterocycles. The van der Waals surface area contributed by atoms with Gasteiger partial charge in [-0.15, -0.1) is 0 Å². The van der Waals surface area contributed by atoms with Gasteiger partial charge in [0, 0.05) is 12.2 Å². The Balaban J connectivity index is 3.89. The number of hydrogen-bond acceptors (Lipinski definition) is 4. The van der Waals surface area contributed by atoms with Crippen LogP contribution in [-0.4, -0.2) is 49.3 Å². The number of alkyl halides is 8. The fourth-order valence-electron chi connectivity index (χ4n) is 3.51. The van der Waals surface area contributed by atoms with Crippen molar-refractivity contribution in [1.29, 1.82) is 0 Å². The minimum Gasteiger partial charge on any atom is -0.463 e. The zero-order valence-corrected chi connectivity index (χ0v) is 21.9. The molecule has 0 fully saturated rings. The van der Waals surface area contributed by atoms with Crippen molar-refractivity contribution < 1.29 is 54.2 Å². The van der Waals surface area contributed by atoms with E-state index in [0.717, 1.165) is 25.7 Å². The minimum absolute atomic E-state index is 0.0312. The van der Waals surface area contributed by atoms with Crippen LogP contribution < -0.4 is 0 Å². The molecule has 0 amide bonds. The van der Waals surface area contributed by atoms with Crippen LogP contribution in [0.1, 0.15) is 103 Å². The van der Waals surface area contributed by atoms with Crippen LogP contribution in [0.3, 0.4) is 0 Å². The number of carbonyl (C=O) groups is 2. The van der Waals surface area contributed by atoms with Crippen LogP contribution in [0.5, 0.6) is 0 Å². The Labute approximate surface area is 219 Å². The second kappa shape index (κ2) is 19.2. The molecule has 0 N–H and O–H groups in total. The van der Waals surface area contributed by atoms with Crippen molar-refractivity contribution in [1.82, 2.24) is 0 Å². The third-order valence-corrected chi connectivity index (χ3v) is 5.90. The number of unbranched alkanes of at least 4 members (excludes halogenated alkanes) is 14. The number of carbonyl (C=O) groups excluding carboxylic acids is 2. The van der Waals surface area contributed by atoms with Gasteiger partial charge in [-0.1, -0.05) is 96.8 Å². The van der Waals surface area contributed by atoms with Crippen LogP contribution in [-0.2, 0) is 19.1 Å². The number of rotatable bonds is 23. The van der Waals surface area contributed by atoms with Crippen molar-refractivity contribution in [3.63, 3.8) is 0 Å². The first kappa shape index (κ1) is 36.1. The van der Waals surface area contributed by atoms with E-state index in [9.17, 15) is 44.7 Å². The van der Waals surface area contributed by atoms with Gasteiger partial charge in [0.25, 0.3) is 0 Å². The van der Waals surface area contributed by atoms with Gasteiger partial charge in [0.1, 0.15) is 0 Å². The highest BCUT2D eigenvalue weighted by atomic mass is 19.4. The molecule has 224 valence electrons. The Hall–Kier alpha value is -1.88. The molecule has 38 heavy (non-hydrogen) atoms. The maximum absolute atomic E-state index is 13.3. The summed E-state index contributed by atoms with van der Waals surface area (Å²) >= 11 is 0. The summed E-state index contributed by atoms with van der Waals surface area (Å²) in [7, 11) is 0. The van der Waals surface area contributed by atoms with Gasteiger partial charge >= 0.3 is 36.1 Å². The summed E-state index contributed by atoms with van der Waals surface area (Å²) in [5.74, 6) is -21.4. The highest BCUT2D eigenvalue weighted by Crippen LogP contribution is 2.48. The maximum atomic E-state index is 13.3. The first-order valence-electron chi connectivity index (χ1n) is 13.2. The van der Waals surface area contributed by atoms with E-state index >= 15 is 0 Å². The van der Waals surface area contributed by atoms with Crippen LogP contribution >= 0.6 is 0 Å². The minimum atomic E-state index is -6.48. The van der Waals surface area contributed by atoms with Crippen LogP contribution in [0, 0.1) is 0 Å². The number of hydrogen-bond donors (Lipinski definition) is 0. The molecule has 0 aromatic carbocycles. The molecule has 0 aliphatic heterocycles. The molecule has 0 bridgehead atoms. The summed E-state index contributed by atoms with van der Waals surface area (Å²) in [6.45, 7) is -0.359. The normalized spacial score (nSPS) is 12.9. The van der Waals surface area contributed by atoms with Gasteiger partial charge < -0.3 is 9.47 Å². The molecule has 0 spiro atoms. The molecule has 0 heterocycles. The lowest BCUT2D eigenvalue weighted by molar-refractivity contribution is -0.344. The smallest absolute Gasteiger partial charge is 0.381 e. The van der Waals surface area contributed by atoms with Gasteiger partial charge in [0.2, 0.25) is 0 Å². The number of ether oxygens (including phenoxy) is 2. The Morgan fingerprint density at radius 1 is 0.632 bits per heavy atom. The summed E-state index contributed by atoms with van der Waals surface area (Å²) in [6.07, 6.45) is 13.0. The van der Waals surface area contributed by atoms with Gasteiger partial charge in [-0.05, 0) is 6.42 Å². The van der Waals surface area contributed by atoms with E-state index in [4.69, 9.17) is 4.74 Å². The summed E-state index contributed by atoms with van der Waals surface area (Å²) in [5.41, 5.74) is 0. The summed E-state index contributed by atoms with van der Waals surface area (Å²) in [5, 5.41) is 0. The quantitative estimate of drug-likeness (QED) is 0.0536. The number of halogens is 8. The molecule has 0 unspecified atom stereocenters. The van der Waals surface area contributed by atoms with Crippen molar-refractivity contribution in [2.45, 2.75) is 127 Å². The summed E-state index contributed by atoms with van der Waals surface area (Å²) < 4.78 is 111. The third kappa shape index (κ3) is 14.3. The van der Waals surface area contributed by atoms with E-state index in [2.05, 4.69) is 11.7 Å². The van der Waals surface area contributed by atoms with E-state index in [-0.39, 0.29) is 12.7 Å². The predicted molar refractivity (Wildman–Crippen MR) is 127 cm³/mol. The Morgan fingerprint density at radius 3 is 1.39 bits per heavy atom. The first-order chi connectivity index (χ1) is 17.8. The zero-order chi connectivity index (χ0) is 29.1. The van der Waals surface area contributed by atoms with E-state index in [1.807, 2.05) is 0 Å². The lowest BCUT2D eigenvalue weighted by Crippen LogP contribution is -2.59. The molecule has 0 rings (SSSR count). The SMILES string of the molecule is CCCCCCCCCCCCCCCCCOC(=O)/C=C/C(=O)OCC(F)(F)C(F)(F)C(F)(F)C(F)F. The largest absolute Gasteiger partial charge is 0.463 e. The summed E-state index contributed by atoms with van der Waals surface area (Å²) in [6, 6.07) is 0. The summed E-state index contributed by atoms with van der Waals surface area (Å²) in [4.78, 5) is 22.8. The Kier molecular flexibility index (Phi) is 18.3. The second-order valence-electron chi connectivity index (χ2n) is 9.26. The molecule has 0 aromatic rings. The van der Waals surface area contributed by atoms with Crippen LogP contribution in [0.25, 0.3) is 0 Å². The second-order valence-corrected chi connectivity index (χ2v) is 9.26. The van der Waals surface area contributed by atoms with Crippen LogP contribution in [0.4, 0.5) is 35.1 Å². The maximum Gasteiger partial charge on any atom is 0.381 e. The van der Waals surface area contributed by atoms with Crippen molar-refractivity contribution in [3.8, 4) is 0 Å². The van der Waals surface area contributed by atoms with Crippen LogP contribution in [0.2, 0.25) is 0 Å². The van der Waals surface area contributed by atoms with Crippen molar-refractivity contribution in [2.24, 2.45) is 0 Å². The van der Waals surface area contributed by atoms with Crippen molar-refractivity contribution in [3.05, 3.63) is 12.2 Å². The molecule has 12 heteroatoms. The molecule has 0 saturated carbocycles. The molecular weight excluding hydrogens is 528 g/mol. The molecule has 0 radical (unpaired) electrons. The fraction of sp³-hybridized carbons (Fsp3) is 0.846.